The zero-order valence-corrected chi connectivity index (χ0v) is 18.2. The minimum absolute atomic E-state index is 0.290. The molecule has 0 saturated carbocycles. The molecule has 7 N–H and O–H groups in total. The first-order chi connectivity index (χ1) is 15.7. The predicted molar refractivity (Wildman–Crippen MR) is 97.6 cm³/mol. The molecule has 3 unspecified atom stereocenters. The number of aromatic amines is 1. The highest BCUT2D eigenvalue weighted by molar-refractivity contribution is 7.66. The first-order valence-corrected chi connectivity index (χ1v) is 12.4. The van der Waals surface area contributed by atoms with Gasteiger partial charge in [-0.05, 0) is 0 Å². The monoisotopic (exact) mass is 543 g/mol. The largest absolute Gasteiger partial charge is 0.490 e. The van der Waals surface area contributed by atoms with E-state index in [2.05, 4.69) is 18.1 Å². The third kappa shape index (κ3) is 7.18. The van der Waals surface area contributed by atoms with E-state index in [1.165, 1.54) is 0 Å². The third-order valence-corrected chi connectivity index (χ3v) is 7.11. The fraction of sp³-hybridized carbons (Fsp3) is 0.545. The van der Waals surface area contributed by atoms with Crippen molar-refractivity contribution in [3.63, 3.8) is 0 Å². The van der Waals surface area contributed by atoms with E-state index in [1.54, 1.807) is 16.8 Å². The van der Waals surface area contributed by atoms with Gasteiger partial charge in [0.1, 0.15) is 25.2 Å². The first-order valence-electron chi connectivity index (χ1n) is 8.87. The molecule has 1 aromatic rings. The second kappa shape index (κ2) is 9.94. The first kappa shape index (κ1) is 24.5. The highest BCUT2D eigenvalue weighted by Gasteiger charge is 2.57. The second-order valence-corrected chi connectivity index (χ2v) is 10.1. The van der Waals surface area contributed by atoms with Crippen LogP contribution in [0.3, 0.4) is 0 Å². The van der Waals surface area contributed by atoms with E-state index in [4.69, 9.17) is 22.2 Å². The molecular formula is C11H15FN3O15P3. The van der Waals surface area contributed by atoms with Crippen molar-refractivity contribution in [2.24, 2.45) is 0 Å². The Morgan fingerprint density at radius 2 is 1.91 bits per heavy atom. The maximum Gasteiger partial charge on any atom is 0.490 e. The van der Waals surface area contributed by atoms with Crippen molar-refractivity contribution in [2.75, 3.05) is 13.2 Å². The van der Waals surface area contributed by atoms with Crippen molar-refractivity contribution in [1.29, 1.82) is 0 Å². The highest BCUT2D eigenvalue weighted by Crippen LogP contribution is 2.66. The van der Waals surface area contributed by atoms with Gasteiger partial charge in [-0.25, -0.2) is 27.7 Å². The van der Waals surface area contributed by atoms with Gasteiger partial charge < -0.3 is 34.5 Å². The summed E-state index contributed by atoms with van der Waals surface area (Å²) in [7, 11) is -17.9. The zero-order valence-electron chi connectivity index (χ0n) is 17.5. The molecule has 0 spiro atoms. The summed E-state index contributed by atoms with van der Waals surface area (Å²) in [5.41, 5.74) is -5.55. The summed E-state index contributed by atoms with van der Waals surface area (Å²) in [6, 6.07) is 0. The molecule has 1 aliphatic rings. The van der Waals surface area contributed by atoms with Crippen molar-refractivity contribution < 1.29 is 68.5 Å². The molecule has 1 saturated heterocycles. The lowest BCUT2D eigenvalue weighted by molar-refractivity contribution is -0.0768. The summed E-state index contributed by atoms with van der Waals surface area (Å²) in [5, 5.41) is 21.2. The van der Waals surface area contributed by atoms with Crippen molar-refractivity contribution in [3.05, 3.63) is 27.3 Å². The van der Waals surface area contributed by atoms with Crippen LogP contribution in [0.15, 0.2) is 15.9 Å². The number of aliphatic hydroxyl groups is 2. The Kier molecular flexibility index (Phi) is 7.38. The lowest BCUT2D eigenvalue weighted by Crippen LogP contribution is -2.48. The summed E-state index contributed by atoms with van der Waals surface area (Å²) in [6.45, 7) is -5.20. The SMILES string of the molecule is [2H]C([2H])(OP(=O)(O)OP(=O)(O)OP(=O)(O)O)[C@H]1O[C@@H](n2cnc(=O)[nH]c2=O)C(O)(C#CCF)[C@H]1O. The number of rotatable bonds is 8. The van der Waals surface area contributed by atoms with Crippen LogP contribution in [0.4, 0.5) is 4.39 Å². The van der Waals surface area contributed by atoms with Crippen LogP contribution in [0.25, 0.3) is 0 Å². The molecule has 0 radical (unpaired) electrons. The number of aromatic nitrogens is 3. The van der Waals surface area contributed by atoms with Crippen LogP contribution in [-0.4, -0.2) is 75.4 Å². The average Bonchev–Trinajstić information content (AvgIpc) is 2.88. The maximum atomic E-state index is 12.6. The van der Waals surface area contributed by atoms with Gasteiger partial charge in [0.05, 0.1) is 9.30 Å². The number of nitrogens with one attached hydrogen (secondary N) is 1. The quantitative estimate of drug-likeness (QED) is 0.129. The summed E-state index contributed by atoms with van der Waals surface area (Å²) in [6.07, 6.45) is -7.00. The Morgan fingerprint density at radius 1 is 1.27 bits per heavy atom. The van der Waals surface area contributed by atoms with Gasteiger partial charge in [-0.3, -0.25) is 14.1 Å². The van der Waals surface area contributed by atoms with E-state index >= 15 is 0 Å². The number of halogens is 1. The minimum atomic E-state index is -6.12. The highest BCUT2D eigenvalue weighted by atomic mass is 31.3. The number of hydrogen-bond donors (Lipinski definition) is 7. The van der Waals surface area contributed by atoms with E-state index in [9.17, 15) is 42.8 Å². The van der Waals surface area contributed by atoms with Crippen LogP contribution in [0.1, 0.15) is 8.97 Å². The van der Waals surface area contributed by atoms with E-state index in [0.717, 1.165) is 0 Å². The fourth-order valence-corrected chi connectivity index (χ4v) is 5.19. The molecule has 1 fully saturated rings. The Hall–Kier alpha value is -1.61. The topological polar surface area (TPSA) is 277 Å². The number of nitrogens with zero attached hydrogens (tertiary/aromatic N) is 2. The summed E-state index contributed by atoms with van der Waals surface area (Å²) < 4.78 is 78.4. The van der Waals surface area contributed by atoms with E-state index in [-0.39, 0.29) is 0 Å². The molecule has 186 valence electrons. The Morgan fingerprint density at radius 3 is 2.45 bits per heavy atom. The van der Waals surface area contributed by atoms with Crippen molar-refractivity contribution in [2.45, 2.75) is 24.0 Å². The van der Waals surface area contributed by atoms with Crippen LogP contribution >= 0.6 is 23.5 Å². The van der Waals surface area contributed by atoms with Gasteiger partial charge >= 0.3 is 34.8 Å². The van der Waals surface area contributed by atoms with Gasteiger partial charge in [0, 0.05) is 0 Å². The molecule has 0 amide bonds. The number of alkyl halides is 1. The van der Waals surface area contributed by atoms with Gasteiger partial charge in [0.25, 0.3) is 0 Å². The summed E-state index contributed by atoms with van der Waals surface area (Å²) in [5.74, 6) is 3.47. The molecular weight excluding hydrogens is 526 g/mol. The Balaban J connectivity index is 2.43. The molecule has 33 heavy (non-hydrogen) atoms. The summed E-state index contributed by atoms with van der Waals surface area (Å²) >= 11 is 0. The third-order valence-electron chi connectivity index (χ3n) is 3.45. The van der Waals surface area contributed by atoms with Crippen molar-refractivity contribution in [1.82, 2.24) is 14.5 Å². The number of hydrogen-bond acceptors (Lipinski definition) is 12. The van der Waals surface area contributed by atoms with Crippen molar-refractivity contribution >= 4 is 23.5 Å². The van der Waals surface area contributed by atoms with Gasteiger partial charge in [0.2, 0.25) is 0 Å². The molecule has 1 aromatic heterocycles. The van der Waals surface area contributed by atoms with Crippen LogP contribution < -0.4 is 11.4 Å². The van der Waals surface area contributed by atoms with E-state index in [1.807, 2.05) is 0 Å². The average molecular weight is 543 g/mol. The Labute approximate surface area is 183 Å². The van der Waals surface area contributed by atoms with Crippen LogP contribution in [0, 0.1) is 11.8 Å². The molecule has 2 heterocycles. The van der Waals surface area contributed by atoms with Crippen molar-refractivity contribution in [3.8, 4) is 11.8 Å². The fourth-order valence-electron chi connectivity index (χ4n) is 2.31. The maximum absolute atomic E-state index is 12.6. The number of ether oxygens (including phenoxy) is 1. The lowest BCUT2D eigenvalue weighted by atomic mass is 9.94. The van der Waals surface area contributed by atoms with E-state index < -0.39 is 72.1 Å². The van der Waals surface area contributed by atoms with Gasteiger partial charge in [-0.1, -0.05) is 11.8 Å². The summed E-state index contributed by atoms with van der Waals surface area (Å²) in [4.78, 5) is 63.8. The zero-order chi connectivity index (χ0) is 27.0. The van der Waals surface area contributed by atoms with E-state index in [0.29, 0.717) is 10.9 Å². The number of phosphoric ester groups is 1. The number of phosphoric acid groups is 3. The van der Waals surface area contributed by atoms with Gasteiger partial charge in [0.15, 0.2) is 11.8 Å². The molecule has 2 rings (SSSR count). The van der Waals surface area contributed by atoms with Crippen LogP contribution in [-0.2, 0) is 31.6 Å². The molecule has 18 nitrogen and oxygen atoms in total. The predicted octanol–water partition coefficient (Wildman–Crippen LogP) is -2.76. The molecule has 0 aromatic carbocycles. The Bertz CT molecular complexity index is 1290. The minimum Gasteiger partial charge on any atom is -0.386 e. The second-order valence-electron chi connectivity index (χ2n) is 5.80. The molecule has 1 aliphatic heterocycles. The van der Waals surface area contributed by atoms with Crippen LogP contribution in [0.5, 0.6) is 0 Å². The smallest absolute Gasteiger partial charge is 0.386 e. The number of H-pyrrole nitrogens is 1. The van der Waals surface area contributed by atoms with Gasteiger partial charge in [-0.15, -0.1) is 0 Å². The molecule has 0 bridgehead atoms. The standard InChI is InChI=1S/C11H15FN3O15P3/c12-3-1-2-11(19)7(16)6(28-8(11)15-5-13-9(17)14-10(15)18)4-27-32(23,24)30-33(25,26)29-31(20,21)22/h5-8,16,19H,3-4H2,(H,23,24)(H,25,26)(H,14,17,18)(H2,20,21,22)/t6-,7+,8-,11?/m1/s1/i4D2. The number of aliphatic hydroxyl groups excluding tert-OH is 1. The van der Waals surface area contributed by atoms with Gasteiger partial charge in [-0.2, -0.15) is 13.6 Å². The lowest BCUT2D eigenvalue weighted by Gasteiger charge is -2.26. The molecule has 0 aliphatic carbocycles. The molecule has 6 atom stereocenters. The van der Waals surface area contributed by atoms with Crippen LogP contribution in [0.2, 0.25) is 0 Å². The normalized spacial score (nSPS) is 30.3. The molecule has 22 heteroatoms.